The van der Waals surface area contributed by atoms with Gasteiger partial charge in [-0.15, -0.1) is 0 Å². The average molecular weight is 292 g/mol. The van der Waals surface area contributed by atoms with Crippen LogP contribution in [0.15, 0.2) is 48.5 Å². The van der Waals surface area contributed by atoms with E-state index in [-0.39, 0.29) is 5.97 Å². The molecule has 0 bridgehead atoms. The molecule has 22 heavy (non-hydrogen) atoms. The van der Waals surface area contributed by atoms with E-state index < -0.39 is 0 Å². The lowest BCUT2D eigenvalue weighted by Gasteiger charge is -2.19. The highest BCUT2D eigenvalue weighted by Gasteiger charge is 2.17. The Labute approximate surface area is 129 Å². The topological polar surface area (TPSA) is 43.4 Å². The molecule has 3 heteroatoms. The van der Waals surface area contributed by atoms with Crippen LogP contribution in [0.2, 0.25) is 0 Å². The zero-order valence-corrected chi connectivity index (χ0v) is 12.3. The van der Waals surface area contributed by atoms with Gasteiger partial charge in [-0.25, -0.2) is 4.79 Å². The number of aldehydes is 1. The van der Waals surface area contributed by atoms with E-state index in [0.717, 1.165) is 35.8 Å². The fourth-order valence-electron chi connectivity index (χ4n) is 2.82. The second-order valence-corrected chi connectivity index (χ2v) is 5.26. The van der Waals surface area contributed by atoms with Gasteiger partial charge in [-0.3, -0.25) is 4.79 Å². The number of allylic oxidation sites excluding steroid dienone is 1. The molecule has 0 fully saturated rings. The first-order valence-electron chi connectivity index (χ1n) is 7.20. The van der Waals surface area contributed by atoms with Crippen LogP contribution in [0.3, 0.4) is 0 Å². The molecule has 3 nitrogen and oxygen atoms in total. The van der Waals surface area contributed by atoms with Crippen molar-refractivity contribution in [1.29, 1.82) is 0 Å². The molecule has 110 valence electrons. The lowest BCUT2D eigenvalue weighted by molar-refractivity contribution is 0.0600. The standard InChI is InChI=1S/C19H16O3/c1-22-19(21)16-9-8-14-5-3-7-17(18(14)11-16)15-6-2-4-13(10-15)12-20/h2,4,6-12H,3,5H2,1H3. The summed E-state index contributed by atoms with van der Waals surface area (Å²) in [6.07, 6.45) is 4.91. The molecule has 0 radical (unpaired) electrons. The number of ether oxygens (including phenoxy) is 1. The second kappa shape index (κ2) is 5.98. The quantitative estimate of drug-likeness (QED) is 0.640. The third-order valence-electron chi connectivity index (χ3n) is 3.92. The van der Waals surface area contributed by atoms with Crippen LogP contribution in [-0.2, 0) is 11.2 Å². The zero-order chi connectivity index (χ0) is 15.5. The van der Waals surface area contributed by atoms with Crippen LogP contribution in [0.5, 0.6) is 0 Å². The van der Waals surface area contributed by atoms with E-state index in [1.165, 1.54) is 12.7 Å². The van der Waals surface area contributed by atoms with Crippen molar-refractivity contribution in [2.75, 3.05) is 7.11 Å². The number of hydrogen-bond acceptors (Lipinski definition) is 3. The molecule has 3 rings (SSSR count). The summed E-state index contributed by atoms with van der Waals surface area (Å²) in [7, 11) is 1.38. The average Bonchev–Trinajstić information content (AvgIpc) is 2.60. The van der Waals surface area contributed by atoms with Gasteiger partial charge in [-0.1, -0.05) is 30.3 Å². The third-order valence-corrected chi connectivity index (χ3v) is 3.92. The highest BCUT2D eigenvalue weighted by Crippen LogP contribution is 2.32. The summed E-state index contributed by atoms with van der Waals surface area (Å²) in [5, 5.41) is 0. The summed E-state index contributed by atoms with van der Waals surface area (Å²) in [6, 6.07) is 13.2. The lowest BCUT2D eigenvalue weighted by Crippen LogP contribution is -2.06. The molecule has 1 aliphatic carbocycles. The minimum atomic E-state index is -0.339. The highest BCUT2D eigenvalue weighted by atomic mass is 16.5. The highest BCUT2D eigenvalue weighted by molar-refractivity contribution is 5.93. The molecular weight excluding hydrogens is 276 g/mol. The molecule has 0 spiro atoms. The first-order valence-corrected chi connectivity index (χ1v) is 7.20. The maximum Gasteiger partial charge on any atom is 0.337 e. The van der Waals surface area contributed by atoms with Crippen molar-refractivity contribution in [3.63, 3.8) is 0 Å². The third kappa shape index (κ3) is 2.58. The van der Waals surface area contributed by atoms with E-state index >= 15 is 0 Å². The Kier molecular flexibility index (Phi) is 3.88. The van der Waals surface area contributed by atoms with Gasteiger partial charge >= 0.3 is 5.97 Å². The Hall–Kier alpha value is -2.68. The fourth-order valence-corrected chi connectivity index (χ4v) is 2.82. The fraction of sp³-hybridized carbons (Fsp3) is 0.158. The molecule has 0 saturated carbocycles. The Bertz CT molecular complexity index is 772. The number of fused-ring (bicyclic) bond motifs is 1. The summed E-state index contributed by atoms with van der Waals surface area (Å²) in [6.45, 7) is 0. The predicted octanol–water partition coefficient (Wildman–Crippen LogP) is 3.66. The molecule has 0 amide bonds. The number of aryl methyl sites for hydroxylation is 1. The van der Waals surface area contributed by atoms with Crippen LogP contribution in [0.25, 0.3) is 5.57 Å². The van der Waals surface area contributed by atoms with Crippen LogP contribution < -0.4 is 0 Å². The van der Waals surface area contributed by atoms with Gasteiger partial charge < -0.3 is 4.74 Å². The SMILES string of the molecule is COC(=O)c1ccc2c(c1)C(c1cccc(C=O)c1)=CCC2. The lowest BCUT2D eigenvalue weighted by atomic mass is 9.85. The van der Waals surface area contributed by atoms with E-state index in [0.29, 0.717) is 11.1 Å². The predicted molar refractivity (Wildman–Crippen MR) is 85.0 cm³/mol. The van der Waals surface area contributed by atoms with Gasteiger partial charge in [0.1, 0.15) is 6.29 Å². The number of hydrogen-bond donors (Lipinski definition) is 0. The van der Waals surface area contributed by atoms with Gasteiger partial charge in [0.2, 0.25) is 0 Å². The van der Waals surface area contributed by atoms with Gasteiger partial charge in [0, 0.05) is 5.56 Å². The largest absolute Gasteiger partial charge is 0.465 e. The number of methoxy groups -OCH3 is 1. The molecule has 2 aromatic rings. The van der Waals surface area contributed by atoms with E-state index in [1.54, 1.807) is 12.1 Å². The summed E-state index contributed by atoms with van der Waals surface area (Å²) >= 11 is 0. The number of rotatable bonds is 3. The van der Waals surface area contributed by atoms with Crippen LogP contribution in [0.4, 0.5) is 0 Å². The van der Waals surface area contributed by atoms with Gasteiger partial charge in [0.25, 0.3) is 0 Å². The minimum absolute atomic E-state index is 0.339. The van der Waals surface area contributed by atoms with Gasteiger partial charge in [0.15, 0.2) is 0 Å². The molecule has 0 unspecified atom stereocenters. The normalized spacial score (nSPS) is 13.0. The van der Waals surface area contributed by atoms with E-state index in [2.05, 4.69) is 6.08 Å². The maximum atomic E-state index is 11.8. The van der Waals surface area contributed by atoms with E-state index in [9.17, 15) is 9.59 Å². The Balaban J connectivity index is 2.10. The Morgan fingerprint density at radius 1 is 1.18 bits per heavy atom. The Morgan fingerprint density at radius 3 is 2.82 bits per heavy atom. The molecule has 0 N–H and O–H groups in total. The van der Waals surface area contributed by atoms with Crippen LogP contribution in [0, 0.1) is 0 Å². The van der Waals surface area contributed by atoms with Crippen molar-refractivity contribution < 1.29 is 14.3 Å². The monoisotopic (exact) mass is 292 g/mol. The summed E-state index contributed by atoms with van der Waals surface area (Å²) in [4.78, 5) is 22.7. The van der Waals surface area contributed by atoms with E-state index in [1.807, 2.05) is 30.3 Å². The number of carbonyl (C=O) groups is 2. The summed E-state index contributed by atoms with van der Waals surface area (Å²) < 4.78 is 4.80. The molecule has 0 aromatic heterocycles. The molecule has 2 aromatic carbocycles. The van der Waals surface area contributed by atoms with Crippen molar-refractivity contribution >= 4 is 17.8 Å². The van der Waals surface area contributed by atoms with Crippen molar-refractivity contribution in [2.45, 2.75) is 12.8 Å². The number of carbonyl (C=O) groups excluding carboxylic acids is 2. The number of benzene rings is 2. The zero-order valence-electron chi connectivity index (χ0n) is 12.3. The molecular formula is C19H16O3. The van der Waals surface area contributed by atoms with Gasteiger partial charge in [-0.2, -0.15) is 0 Å². The van der Waals surface area contributed by atoms with Crippen molar-refractivity contribution in [3.8, 4) is 0 Å². The smallest absolute Gasteiger partial charge is 0.337 e. The molecule has 0 heterocycles. The molecule has 0 atom stereocenters. The molecule has 0 aliphatic heterocycles. The van der Waals surface area contributed by atoms with E-state index in [4.69, 9.17) is 4.74 Å². The summed E-state index contributed by atoms with van der Waals surface area (Å²) in [5.41, 5.74) is 5.50. The van der Waals surface area contributed by atoms with Gasteiger partial charge in [-0.05, 0) is 53.3 Å². The first kappa shape index (κ1) is 14.3. The maximum absolute atomic E-state index is 11.8. The Morgan fingerprint density at radius 2 is 2.05 bits per heavy atom. The summed E-state index contributed by atoms with van der Waals surface area (Å²) in [5.74, 6) is -0.339. The van der Waals surface area contributed by atoms with Crippen LogP contribution in [-0.4, -0.2) is 19.4 Å². The number of esters is 1. The van der Waals surface area contributed by atoms with Gasteiger partial charge in [0.05, 0.1) is 12.7 Å². The van der Waals surface area contributed by atoms with Crippen molar-refractivity contribution in [3.05, 3.63) is 76.4 Å². The minimum Gasteiger partial charge on any atom is -0.465 e. The van der Waals surface area contributed by atoms with Crippen molar-refractivity contribution in [1.82, 2.24) is 0 Å². The van der Waals surface area contributed by atoms with Crippen LogP contribution >= 0.6 is 0 Å². The molecule has 1 aliphatic rings. The van der Waals surface area contributed by atoms with Crippen molar-refractivity contribution in [2.24, 2.45) is 0 Å². The van der Waals surface area contributed by atoms with Crippen LogP contribution in [0.1, 0.15) is 43.8 Å². The first-order chi connectivity index (χ1) is 10.7. The second-order valence-electron chi connectivity index (χ2n) is 5.26. The molecule has 0 saturated heterocycles.